The average molecular weight is 606 g/mol. The fourth-order valence-electron chi connectivity index (χ4n) is 7.08. The molecule has 2 aromatic heterocycles. The minimum absolute atomic E-state index is 0.397. The summed E-state index contributed by atoms with van der Waals surface area (Å²) in [5.41, 5.74) is 9.74. The second-order valence-electron chi connectivity index (χ2n) is 12.3. The van der Waals surface area contributed by atoms with Crippen molar-refractivity contribution in [1.82, 2.24) is 15.0 Å². The van der Waals surface area contributed by atoms with Gasteiger partial charge in [0.15, 0.2) is 17.5 Å². The monoisotopic (exact) mass is 605 g/mol. The van der Waals surface area contributed by atoms with Crippen LogP contribution in [0.15, 0.2) is 167 Å². The van der Waals surface area contributed by atoms with Crippen LogP contribution in [0.1, 0.15) is 18.7 Å². The lowest BCUT2D eigenvalue weighted by Gasteiger charge is -2.29. The molecule has 0 fully saturated rings. The lowest BCUT2D eigenvalue weighted by atomic mass is 9.75. The lowest BCUT2D eigenvalue weighted by molar-refractivity contribution is 0.623. The highest BCUT2D eigenvalue weighted by Gasteiger charge is 2.26. The SMILES string of the molecule is C1=CC2C=CC=C(C3=CC=C(c4nc(-c5ccccc5)nc(-c5cccc6oc7cc(-c8ccccc8)ccc7c56)n4)CC3)C2C=C1. The molecule has 6 aromatic rings. The number of rotatable bonds is 5. The molecule has 0 spiro atoms. The van der Waals surface area contributed by atoms with E-state index in [-0.39, 0.29) is 0 Å². The van der Waals surface area contributed by atoms with Crippen molar-refractivity contribution in [2.75, 3.05) is 0 Å². The van der Waals surface area contributed by atoms with Crippen molar-refractivity contribution in [2.45, 2.75) is 12.8 Å². The Labute approximate surface area is 273 Å². The minimum Gasteiger partial charge on any atom is -0.456 e. The first-order valence-corrected chi connectivity index (χ1v) is 16.2. The van der Waals surface area contributed by atoms with E-state index >= 15 is 0 Å². The molecule has 0 saturated carbocycles. The Morgan fingerprint density at radius 3 is 2.09 bits per heavy atom. The van der Waals surface area contributed by atoms with Crippen molar-refractivity contribution in [3.63, 3.8) is 0 Å². The first kappa shape index (κ1) is 27.4. The van der Waals surface area contributed by atoms with Crippen LogP contribution in [-0.2, 0) is 0 Å². The second kappa shape index (κ2) is 11.5. The molecule has 224 valence electrons. The maximum absolute atomic E-state index is 6.44. The Morgan fingerprint density at radius 2 is 1.26 bits per heavy atom. The van der Waals surface area contributed by atoms with E-state index in [0.29, 0.717) is 23.5 Å². The summed E-state index contributed by atoms with van der Waals surface area (Å²) in [5, 5.41) is 2.06. The second-order valence-corrected chi connectivity index (χ2v) is 12.3. The predicted molar refractivity (Wildman–Crippen MR) is 191 cm³/mol. The Balaban J connectivity index is 1.16. The molecule has 2 unspecified atom stereocenters. The van der Waals surface area contributed by atoms with Crippen molar-refractivity contribution in [1.29, 1.82) is 0 Å². The minimum atomic E-state index is 0.397. The van der Waals surface area contributed by atoms with Crippen LogP contribution in [-0.4, -0.2) is 15.0 Å². The van der Waals surface area contributed by atoms with Gasteiger partial charge in [-0.05, 0) is 58.9 Å². The zero-order chi connectivity index (χ0) is 31.2. The summed E-state index contributed by atoms with van der Waals surface area (Å²) < 4.78 is 6.44. The number of nitrogens with zero attached hydrogens (tertiary/aromatic N) is 3. The molecule has 4 nitrogen and oxygen atoms in total. The van der Waals surface area contributed by atoms with E-state index in [4.69, 9.17) is 19.4 Å². The molecule has 47 heavy (non-hydrogen) atoms. The molecule has 9 rings (SSSR count). The third-order valence-electron chi connectivity index (χ3n) is 9.47. The van der Waals surface area contributed by atoms with Crippen molar-refractivity contribution >= 4 is 27.5 Å². The van der Waals surface area contributed by atoms with Crippen LogP contribution in [0.25, 0.3) is 61.4 Å². The number of fused-ring (bicyclic) bond motifs is 4. The summed E-state index contributed by atoms with van der Waals surface area (Å²) in [4.78, 5) is 15.3. The van der Waals surface area contributed by atoms with Gasteiger partial charge in [0.05, 0.1) is 0 Å². The van der Waals surface area contributed by atoms with Gasteiger partial charge in [-0.1, -0.05) is 134 Å². The van der Waals surface area contributed by atoms with Gasteiger partial charge in [-0.25, -0.2) is 15.0 Å². The molecule has 0 amide bonds. The summed E-state index contributed by atoms with van der Waals surface area (Å²) in [6.07, 6.45) is 22.0. The topological polar surface area (TPSA) is 51.8 Å². The van der Waals surface area contributed by atoms with Gasteiger partial charge < -0.3 is 4.42 Å². The largest absolute Gasteiger partial charge is 0.456 e. The van der Waals surface area contributed by atoms with Crippen LogP contribution in [0, 0.1) is 11.8 Å². The van der Waals surface area contributed by atoms with Crippen LogP contribution < -0.4 is 0 Å². The molecular formula is C43H31N3O. The van der Waals surface area contributed by atoms with Crippen LogP contribution >= 0.6 is 0 Å². The smallest absolute Gasteiger partial charge is 0.164 e. The summed E-state index contributed by atoms with van der Waals surface area (Å²) in [6, 6.07) is 33.1. The number of hydrogen-bond acceptors (Lipinski definition) is 4. The number of benzene rings is 4. The van der Waals surface area contributed by atoms with Crippen molar-refractivity contribution in [3.8, 4) is 33.9 Å². The van der Waals surface area contributed by atoms with Gasteiger partial charge in [-0.3, -0.25) is 0 Å². The summed E-state index contributed by atoms with van der Waals surface area (Å²) in [7, 11) is 0. The molecule has 2 heterocycles. The van der Waals surface area contributed by atoms with Gasteiger partial charge in [-0.2, -0.15) is 0 Å². The highest BCUT2D eigenvalue weighted by molar-refractivity contribution is 6.12. The number of allylic oxidation sites excluding steroid dienone is 12. The first-order chi connectivity index (χ1) is 23.3. The number of furan rings is 1. The third kappa shape index (κ3) is 4.99. The molecule has 2 atom stereocenters. The molecule has 4 aromatic carbocycles. The highest BCUT2D eigenvalue weighted by atomic mass is 16.3. The van der Waals surface area contributed by atoms with Crippen molar-refractivity contribution < 1.29 is 4.42 Å². The molecule has 0 aliphatic heterocycles. The molecule has 3 aliphatic carbocycles. The van der Waals surface area contributed by atoms with Gasteiger partial charge in [0.1, 0.15) is 11.2 Å². The molecule has 0 radical (unpaired) electrons. The lowest BCUT2D eigenvalue weighted by Crippen LogP contribution is -2.17. The van der Waals surface area contributed by atoms with Crippen LogP contribution in [0.2, 0.25) is 0 Å². The van der Waals surface area contributed by atoms with Crippen molar-refractivity contribution in [3.05, 3.63) is 169 Å². The Morgan fingerprint density at radius 1 is 0.532 bits per heavy atom. The highest BCUT2D eigenvalue weighted by Crippen LogP contribution is 2.41. The van der Waals surface area contributed by atoms with E-state index in [2.05, 4.69) is 115 Å². The molecule has 0 saturated heterocycles. The fraction of sp³-hybridized carbons (Fsp3) is 0.0930. The van der Waals surface area contributed by atoms with Crippen LogP contribution in [0.3, 0.4) is 0 Å². The molecular weight excluding hydrogens is 574 g/mol. The predicted octanol–water partition coefficient (Wildman–Crippen LogP) is 10.7. The summed E-state index contributed by atoms with van der Waals surface area (Å²) in [6.45, 7) is 0. The average Bonchev–Trinajstić information content (AvgIpc) is 3.53. The number of hydrogen-bond donors (Lipinski definition) is 0. The van der Waals surface area contributed by atoms with Gasteiger partial charge in [0.2, 0.25) is 0 Å². The summed E-state index contributed by atoms with van der Waals surface area (Å²) in [5.74, 6) is 2.86. The van der Waals surface area contributed by atoms with E-state index in [1.165, 1.54) is 11.1 Å². The van der Waals surface area contributed by atoms with Gasteiger partial charge in [0.25, 0.3) is 0 Å². The first-order valence-electron chi connectivity index (χ1n) is 16.2. The molecule has 0 bridgehead atoms. The third-order valence-corrected chi connectivity index (χ3v) is 9.47. The van der Waals surface area contributed by atoms with E-state index in [1.807, 2.05) is 36.4 Å². The van der Waals surface area contributed by atoms with Gasteiger partial charge >= 0.3 is 0 Å². The Hall–Kier alpha value is -5.87. The number of aromatic nitrogens is 3. The standard InChI is InChI=1S/C43H31N3O/c1-3-11-28(12-4-1)33-25-26-36-39(27-33)47-38-20-10-19-37(40(36)38)43-45-41(31-14-5-2-6-15-31)44-42(46-43)32-23-21-30(22-24-32)35-18-9-16-29-13-7-8-17-34(29)35/h1-21,23,25-27,29,34H,22,24H2. The quantitative estimate of drug-likeness (QED) is 0.196. The van der Waals surface area contributed by atoms with E-state index in [9.17, 15) is 0 Å². The van der Waals surface area contributed by atoms with Gasteiger partial charge in [-0.15, -0.1) is 0 Å². The maximum Gasteiger partial charge on any atom is 0.164 e. The van der Waals surface area contributed by atoms with E-state index in [1.54, 1.807) is 0 Å². The Bertz CT molecular complexity index is 2350. The van der Waals surface area contributed by atoms with Gasteiger partial charge in [0, 0.05) is 33.7 Å². The van der Waals surface area contributed by atoms with Crippen LogP contribution in [0.5, 0.6) is 0 Å². The van der Waals surface area contributed by atoms with E-state index in [0.717, 1.165) is 68.4 Å². The Kier molecular flexibility index (Phi) is 6.71. The maximum atomic E-state index is 6.44. The zero-order valence-corrected chi connectivity index (χ0v) is 25.8. The zero-order valence-electron chi connectivity index (χ0n) is 25.8. The normalized spacial score (nSPS) is 18.6. The van der Waals surface area contributed by atoms with E-state index < -0.39 is 0 Å². The molecule has 4 heteroatoms. The summed E-state index contributed by atoms with van der Waals surface area (Å²) >= 11 is 0. The van der Waals surface area contributed by atoms with Crippen LogP contribution in [0.4, 0.5) is 0 Å². The molecule has 0 N–H and O–H groups in total. The fourth-order valence-corrected chi connectivity index (χ4v) is 7.08. The van der Waals surface area contributed by atoms with Crippen molar-refractivity contribution in [2.24, 2.45) is 11.8 Å². The molecule has 3 aliphatic rings.